The molecular formula is C25H28N2O3. The SMILES string of the molecule is CCCOc1ccc(-c2cc(OCCN3CCC(=O)CC3)c3ccccc3n2)cc1. The number of likely N-dealkylation sites (tertiary alicyclic amines) is 1. The molecule has 2 heterocycles. The number of carbonyl (C=O) groups is 1. The molecule has 5 heteroatoms. The summed E-state index contributed by atoms with van der Waals surface area (Å²) in [6, 6.07) is 18.1. The minimum Gasteiger partial charge on any atom is -0.494 e. The molecule has 0 amide bonds. The Labute approximate surface area is 177 Å². The van der Waals surface area contributed by atoms with Crippen LogP contribution >= 0.6 is 0 Å². The molecule has 0 bridgehead atoms. The van der Waals surface area contributed by atoms with Crippen molar-refractivity contribution in [1.82, 2.24) is 9.88 Å². The fourth-order valence-corrected chi connectivity index (χ4v) is 3.66. The Morgan fingerprint density at radius 2 is 1.73 bits per heavy atom. The van der Waals surface area contributed by atoms with Gasteiger partial charge in [0.2, 0.25) is 0 Å². The molecule has 0 saturated carbocycles. The molecule has 156 valence electrons. The van der Waals surface area contributed by atoms with E-state index in [1.807, 2.05) is 54.6 Å². The van der Waals surface area contributed by atoms with Crippen molar-refractivity contribution >= 4 is 16.7 Å². The molecule has 4 rings (SSSR count). The second kappa shape index (κ2) is 9.72. The summed E-state index contributed by atoms with van der Waals surface area (Å²) in [5.74, 6) is 2.08. The number of ether oxygens (including phenoxy) is 2. The largest absolute Gasteiger partial charge is 0.494 e. The summed E-state index contributed by atoms with van der Waals surface area (Å²) in [6.07, 6.45) is 2.29. The van der Waals surface area contributed by atoms with Crippen LogP contribution in [0.25, 0.3) is 22.2 Å². The summed E-state index contributed by atoms with van der Waals surface area (Å²) in [5, 5.41) is 1.01. The fourth-order valence-electron chi connectivity index (χ4n) is 3.66. The van der Waals surface area contributed by atoms with Crippen LogP contribution in [-0.2, 0) is 4.79 Å². The van der Waals surface area contributed by atoms with Crippen LogP contribution in [0.15, 0.2) is 54.6 Å². The molecule has 0 aliphatic carbocycles. The molecule has 1 aliphatic rings. The van der Waals surface area contributed by atoms with E-state index in [1.54, 1.807) is 0 Å². The zero-order valence-corrected chi connectivity index (χ0v) is 17.5. The molecular weight excluding hydrogens is 376 g/mol. The van der Waals surface area contributed by atoms with Crippen LogP contribution in [0.4, 0.5) is 0 Å². The summed E-state index contributed by atoms with van der Waals surface area (Å²) in [7, 11) is 0. The molecule has 0 radical (unpaired) electrons. The lowest BCUT2D eigenvalue weighted by Crippen LogP contribution is -2.36. The third kappa shape index (κ3) is 4.97. The average molecular weight is 405 g/mol. The molecule has 1 fully saturated rings. The number of piperidine rings is 1. The highest BCUT2D eigenvalue weighted by atomic mass is 16.5. The topological polar surface area (TPSA) is 51.7 Å². The quantitative estimate of drug-likeness (QED) is 0.543. The van der Waals surface area contributed by atoms with E-state index < -0.39 is 0 Å². The molecule has 3 aromatic rings. The van der Waals surface area contributed by atoms with Crippen molar-refractivity contribution in [1.29, 1.82) is 0 Å². The van der Waals surface area contributed by atoms with Gasteiger partial charge in [-0.15, -0.1) is 0 Å². The maximum atomic E-state index is 11.4. The van der Waals surface area contributed by atoms with E-state index in [-0.39, 0.29) is 0 Å². The minimum absolute atomic E-state index is 0.364. The first-order chi connectivity index (χ1) is 14.7. The van der Waals surface area contributed by atoms with Gasteiger partial charge in [-0.2, -0.15) is 0 Å². The van der Waals surface area contributed by atoms with E-state index in [9.17, 15) is 4.79 Å². The van der Waals surface area contributed by atoms with E-state index in [4.69, 9.17) is 14.5 Å². The predicted molar refractivity (Wildman–Crippen MR) is 119 cm³/mol. The highest BCUT2D eigenvalue weighted by Crippen LogP contribution is 2.31. The Hall–Kier alpha value is -2.92. The van der Waals surface area contributed by atoms with Gasteiger partial charge >= 0.3 is 0 Å². The van der Waals surface area contributed by atoms with Crippen LogP contribution in [0.5, 0.6) is 11.5 Å². The third-order valence-electron chi connectivity index (χ3n) is 5.38. The number of para-hydroxylation sites is 1. The van der Waals surface area contributed by atoms with Crippen LogP contribution < -0.4 is 9.47 Å². The molecule has 1 aromatic heterocycles. The number of ketones is 1. The number of hydrogen-bond acceptors (Lipinski definition) is 5. The zero-order chi connectivity index (χ0) is 20.8. The van der Waals surface area contributed by atoms with Crippen LogP contribution in [0, 0.1) is 0 Å². The summed E-state index contributed by atoms with van der Waals surface area (Å²) in [4.78, 5) is 18.6. The first-order valence-electron chi connectivity index (χ1n) is 10.7. The summed E-state index contributed by atoms with van der Waals surface area (Å²) < 4.78 is 11.9. The van der Waals surface area contributed by atoms with Gasteiger partial charge in [0.05, 0.1) is 17.8 Å². The number of rotatable bonds is 8. The van der Waals surface area contributed by atoms with Crippen LogP contribution in [0.1, 0.15) is 26.2 Å². The lowest BCUT2D eigenvalue weighted by molar-refractivity contribution is -0.121. The minimum atomic E-state index is 0.364. The van der Waals surface area contributed by atoms with E-state index >= 15 is 0 Å². The number of hydrogen-bond donors (Lipinski definition) is 0. The molecule has 1 aliphatic heterocycles. The smallest absolute Gasteiger partial charge is 0.135 e. The lowest BCUT2D eigenvalue weighted by atomic mass is 10.1. The van der Waals surface area contributed by atoms with Crippen molar-refractivity contribution in [2.45, 2.75) is 26.2 Å². The predicted octanol–water partition coefficient (Wildman–Crippen LogP) is 4.73. The molecule has 0 unspecified atom stereocenters. The van der Waals surface area contributed by atoms with Gasteiger partial charge in [0.15, 0.2) is 0 Å². The Morgan fingerprint density at radius 3 is 2.50 bits per heavy atom. The maximum absolute atomic E-state index is 11.4. The van der Waals surface area contributed by atoms with Gasteiger partial charge in [0.1, 0.15) is 23.9 Å². The van der Waals surface area contributed by atoms with Gasteiger partial charge in [0.25, 0.3) is 0 Å². The number of fused-ring (bicyclic) bond motifs is 1. The van der Waals surface area contributed by atoms with Gasteiger partial charge in [0, 0.05) is 49.5 Å². The standard InChI is InChI=1S/C25H28N2O3/c1-2-16-29-21-9-7-19(8-10-21)24-18-25(22-5-3-4-6-23(22)26-24)30-17-15-27-13-11-20(28)12-14-27/h3-10,18H,2,11-17H2,1H3. The molecule has 0 atom stereocenters. The van der Waals surface area contributed by atoms with Crippen molar-refractivity contribution in [3.8, 4) is 22.8 Å². The number of nitrogens with zero attached hydrogens (tertiary/aromatic N) is 2. The average Bonchev–Trinajstić information content (AvgIpc) is 2.79. The Bertz CT molecular complexity index is 991. The van der Waals surface area contributed by atoms with Gasteiger partial charge in [-0.3, -0.25) is 9.69 Å². The van der Waals surface area contributed by atoms with Gasteiger partial charge in [-0.1, -0.05) is 19.1 Å². The number of benzene rings is 2. The van der Waals surface area contributed by atoms with E-state index in [0.29, 0.717) is 25.2 Å². The number of aromatic nitrogens is 1. The third-order valence-corrected chi connectivity index (χ3v) is 5.38. The van der Waals surface area contributed by atoms with Crippen LogP contribution in [0.2, 0.25) is 0 Å². The second-order valence-electron chi connectivity index (χ2n) is 7.62. The molecule has 1 saturated heterocycles. The summed E-state index contributed by atoms with van der Waals surface area (Å²) in [5.41, 5.74) is 2.83. The molecule has 0 spiro atoms. The monoisotopic (exact) mass is 404 g/mol. The summed E-state index contributed by atoms with van der Waals surface area (Å²) >= 11 is 0. The molecule has 0 N–H and O–H groups in total. The highest BCUT2D eigenvalue weighted by Gasteiger charge is 2.16. The van der Waals surface area contributed by atoms with Crippen LogP contribution in [-0.4, -0.2) is 48.5 Å². The second-order valence-corrected chi connectivity index (χ2v) is 7.62. The summed E-state index contributed by atoms with van der Waals surface area (Å²) in [6.45, 7) is 5.89. The Morgan fingerprint density at radius 1 is 0.967 bits per heavy atom. The van der Waals surface area contributed by atoms with Crippen molar-refractivity contribution in [3.63, 3.8) is 0 Å². The van der Waals surface area contributed by atoms with Crippen molar-refractivity contribution in [2.24, 2.45) is 0 Å². The van der Waals surface area contributed by atoms with Crippen LogP contribution in [0.3, 0.4) is 0 Å². The van der Waals surface area contributed by atoms with Gasteiger partial charge < -0.3 is 9.47 Å². The molecule has 2 aromatic carbocycles. The number of pyridine rings is 1. The van der Waals surface area contributed by atoms with E-state index in [0.717, 1.165) is 66.3 Å². The van der Waals surface area contributed by atoms with Crippen molar-refractivity contribution in [3.05, 3.63) is 54.6 Å². The highest BCUT2D eigenvalue weighted by molar-refractivity contribution is 5.88. The Kier molecular flexibility index (Phi) is 6.60. The zero-order valence-electron chi connectivity index (χ0n) is 17.5. The Balaban J connectivity index is 1.51. The first-order valence-corrected chi connectivity index (χ1v) is 10.7. The number of Topliss-reactive ketones (excluding diaryl/α,β-unsaturated/α-hetero) is 1. The van der Waals surface area contributed by atoms with Crippen molar-refractivity contribution in [2.75, 3.05) is 32.8 Å². The first kappa shape index (κ1) is 20.4. The number of carbonyl (C=O) groups excluding carboxylic acids is 1. The molecule has 5 nitrogen and oxygen atoms in total. The van der Waals surface area contributed by atoms with Gasteiger partial charge in [-0.25, -0.2) is 4.98 Å². The lowest BCUT2D eigenvalue weighted by Gasteiger charge is -2.25. The van der Waals surface area contributed by atoms with E-state index in [1.165, 1.54) is 0 Å². The van der Waals surface area contributed by atoms with Crippen molar-refractivity contribution < 1.29 is 14.3 Å². The maximum Gasteiger partial charge on any atom is 0.135 e. The normalized spacial score (nSPS) is 14.8. The molecule has 30 heavy (non-hydrogen) atoms. The van der Waals surface area contributed by atoms with Gasteiger partial charge in [-0.05, 0) is 42.8 Å². The fraction of sp³-hybridized carbons (Fsp3) is 0.360. The van der Waals surface area contributed by atoms with E-state index in [2.05, 4.69) is 11.8 Å².